The van der Waals surface area contributed by atoms with Crippen molar-refractivity contribution in [3.05, 3.63) is 63.6 Å². The summed E-state index contributed by atoms with van der Waals surface area (Å²) in [4.78, 5) is 23.8. The van der Waals surface area contributed by atoms with Crippen LogP contribution in [0.1, 0.15) is 30.9 Å². The normalized spacial score (nSPS) is 10.5. The Morgan fingerprint density at radius 1 is 0.958 bits per heavy atom. The van der Waals surface area contributed by atoms with Crippen molar-refractivity contribution in [1.29, 1.82) is 0 Å². The van der Waals surface area contributed by atoms with Crippen molar-refractivity contribution >= 4 is 40.7 Å². The molecule has 126 valence electrons. The van der Waals surface area contributed by atoms with Crippen LogP contribution < -0.4 is 10.6 Å². The van der Waals surface area contributed by atoms with Gasteiger partial charge in [0.05, 0.1) is 0 Å². The lowest BCUT2D eigenvalue weighted by atomic mass is 10.0. The van der Waals surface area contributed by atoms with Crippen LogP contribution in [-0.4, -0.2) is 11.8 Å². The summed E-state index contributed by atoms with van der Waals surface area (Å²) < 4.78 is 0. The van der Waals surface area contributed by atoms with Gasteiger partial charge < -0.3 is 10.6 Å². The minimum absolute atomic E-state index is 0.279. The monoisotopic (exact) mass is 364 g/mol. The topological polar surface area (TPSA) is 58.2 Å². The van der Waals surface area contributed by atoms with E-state index in [9.17, 15) is 9.59 Å². The average molecular weight is 365 g/mol. The predicted molar refractivity (Wildman–Crippen MR) is 97.5 cm³/mol. The van der Waals surface area contributed by atoms with Gasteiger partial charge in [-0.05, 0) is 35.2 Å². The molecule has 0 radical (unpaired) electrons. The lowest BCUT2D eigenvalue weighted by Crippen LogP contribution is -2.34. The Morgan fingerprint density at radius 2 is 1.54 bits per heavy atom. The Hall–Kier alpha value is -2.04. The molecule has 0 aliphatic heterocycles. The molecular formula is C18H18Cl2N2O2. The first-order valence-electron chi connectivity index (χ1n) is 7.49. The summed E-state index contributed by atoms with van der Waals surface area (Å²) in [5.41, 5.74) is 2.51. The van der Waals surface area contributed by atoms with Crippen molar-refractivity contribution in [2.45, 2.75) is 26.3 Å². The summed E-state index contributed by atoms with van der Waals surface area (Å²) in [7, 11) is 0. The standard InChI is InChI=1S/C18H18Cl2N2O2/c1-11(2)13-5-3-12(4-6-13)10-21-17(23)18(24)22-16-8-14(19)7-15(20)9-16/h3-9,11H,10H2,1-2H3,(H,21,23)(H,22,24). The quantitative estimate of drug-likeness (QED) is 0.791. The van der Waals surface area contributed by atoms with Gasteiger partial charge in [0, 0.05) is 22.3 Å². The summed E-state index contributed by atoms with van der Waals surface area (Å²) in [6, 6.07) is 12.5. The number of nitrogens with one attached hydrogen (secondary N) is 2. The van der Waals surface area contributed by atoms with E-state index in [0.29, 0.717) is 21.7 Å². The van der Waals surface area contributed by atoms with Crippen molar-refractivity contribution in [3.8, 4) is 0 Å². The van der Waals surface area contributed by atoms with Crippen molar-refractivity contribution in [2.24, 2.45) is 0 Å². The Kier molecular flexibility index (Phi) is 6.23. The first-order valence-corrected chi connectivity index (χ1v) is 8.25. The molecule has 6 heteroatoms. The van der Waals surface area contributed by atoms with Crippen LogP contribution in [0.15, 0.2) is 42.5 Å². The van der Waals surface area contributed by atoms with E-state index in [1.807, 2.05) is 24.3 Å². The molecule has 24 heavy (non-hydrogen) atoms. The van der Waals surface area contributed by atoms with Gasteiger partial charge in [0.25, 0.3) is 0 Å². The lowest BCUT2D eigenvalue weighted by molar-refractivity contribution is -0.136. The number of rotatable bonds is 4. The van der Waals surface area contributed by atoms with Crippen LogP contribution in [0, 0.1) is 0 Å². The second-order valence-electron chi connectivity index (χ2n) is 5.69. The molecule has 0 atom stereocenters. The molecular weight excluding hydrogens is 347 g/mol. The summed E-state index contributed by atoms with van der Waals surface area (Å²) in [5, 5.41) is 5.80. The number of carbonyl (C=O) groups is 2. The average Bonchev–Trinajstić information content (AvgIpc) is 2.51. The molecule has 2 amide bonds. The SMILES string of the molecule is CC(C)c1ccc(CNC(=O)C(=O)Nc2cc(Cl)cc(Cl)c2)cc1. The maximum atomic E-state index is 11.9. The Labute approximate surface area is 151 Å². The summed E-state index contributed by atoms with van der Waals surface area (Å²) in [5.74, 6) is -1.05. The zero-order chi connectivity index (χ0) is 17.7. The van der Waals surface area contributed by atoms with Crippen LogP contribution in [0.2, 0.25) is 10.0 Å². The van der Waals surface area contributed by atoms with Gasteiger partial charge in [0.1, 0.15) is 0 Å². The number of anilines is 1. The van der Waals surface area contributed by atoms with Crippen LogP contribution in [0.25, 0.3) is 0 Å². The van der Waals surface area contributed by atoms with Gasteiger partial charge in [-0.1, -0.05) is 61.3 Å². The smallest absolute Gasteiger partial charge is 0.313 e. The van der Waals surface area contributed by atoms with E-state index in [1.54, 1.807) is 6.07 Å². The third kappa shape index (κ3) is 5.25. The fourth-order valence-electron chi connectivity index (χ4n) is 2.10. The van der Waals surface area contributed by atoms with Crippen molar-refractivity contribution in [2.75, 3.05) is 5.32 Å². The molecule has 2 rings (SSSR count). The predicted octanol–water partition coefficient (Wildman–Crippen LogP) is 4.37. The Balaban J connectivity index is 1.90. The van der Waals surface area contributed by atoms with Crippen molar-refractivity contribution in [3.63, 3.8) is 0 Å². The van der Waals surface area contributed by atoms with E-state index in [-0.39, 0.29) is 6.54 Å². The number of hydrogen-bond acceptors (Lipinski definition) is 2. The molecule has 0 unspecified atom stereocenters. The van der Waals surface area contributed by atoms with Gasteiger partial charge in [-0.2, -0.15) is 0 Å². The Morgan fingerprint density at radius 3 is 2.08 bits per heavy atom. The molecule has 4 nitrogen and oxygen atoms in total. The van der Waals surface area contributed by atoms with E-state index in [1.165, 1.54) is 17.7 Å². The molecule has 2 aromatic rings. The van der Waals surface area contributed by atoms with E-state index in [4.69, 9.17) is 23.2 Å². The van der Waals surface area contributed by atoms with Gasteiger partial charge in [-0.25, -0.2) is 0 Å². The third-order valence-corrected chi connectivity index (χ3v) is 3.86. The molecule has 0 heterocycles. The van der Waals surface area contributed by atoms with Crippen LogP contribution in [0.3, 0.4) is 0 Å². The largest absolute Gasteiger partial charge is 0.344 e. The highest BCUT2D eigenvalue weighted by Gasteiger charge is 2.14. The minimum Gasteiger partial charge on any atom is -0.344 e. The lowest BCUT2D eigenvalue weighted by Gasteiger charge is -2.09. The minimum atomic E-state index is -0.771. The molecule has 0 fully saturated rings. The summed E-state index contributed by atoms with van der Waals surface area (Å²) in [6.45, 7) is 4.51. The zero-order valence-electron chi connectivity index (χ0n) is 13.4. The molecule has 2 N–H and O–H groups in total. The van der Waals surface area contributed by atoms with E-state index in [2.05, 4.69) is 24.5 Å². The van der Waals surface area contributed by atoms with E-state index < -0.39 is 11.8 Å². The molecule has 2 aromatic carbocycles. The summed E-state index contributed by atoms with van der Waals surface area (Å²) in [6.07, 6.45) is 0. The van der Waals surface area contributed by atoms with Crippen molar-refractivity contribution < 1.29 is 9.59 Å². The van der Waals surface area contributed by atoms with Gasteiger partial charge >= 0.3 is 11.8 Å². The number of carbonyl (C=O) groups excluding carboxylic acids is 2. The van der Waals surface area contributed by atoms with Gasteiger partial charge in [0.2, 0.25) is 0 Å². The molecule has 0 aromatic heterocycles. The van der Waals surface area contributed by atoms with Gasteiger partial charge in [-0.15, -0.1) is 0 Å². The first-order chi connectivity index (χ1) is 11.3. The van der Waals surface area contributed by atoms with Gasteiger partial charge in [0.15, 0.2) is 0 Å². The van der Waals surface area contributed by atoms with E-state index >= 15 is 0 Å². The molecule has 0 saturated heterocycles. The second-order valence-corrected chi connectivity index (χ2v) is 6.56. The highest BCUT2D eigenvalue weighted by atomic mass is 35.5. The highest BCUT2D eigenvalue weighted by Crippen LogP contribution is 2.22. The molecule has 0 aliphatic carbocycles. The fraction of sp³-hybridized carbons (Fsp3) is 0.222. The first kappa shape index (κ1) is 18.3. The molecule has 0 saturated carbocycles. The van der Waals surface area contributed by atoms with Crippen LogP contribution in [-0.2, 0) is 16.1 Å². The maximum Gasteiger partial charge on any atom is 0.313 e. The van der Waals surface area contributed by atoms with Gasteiger partial charge in [-0.3, -0.25) is 9.59 Å². The second kappa shape index (κ2) is 8.18. The van der Waals surface area contributed by atoms with Crippen LogP contribution in [0.5, 0.6) is 0 Å². The Bertz CT molecular complexity index is 723. The number of amides is 2. The van der Waals surface area contributed by atoms with Crippen molar-refractivity contribution in [1.82, 2.24) is 5.32 Å². The fourth-order valence-corrected chi connectivity index (χ4v) is 2.62. The number of halogens is 2. The maximum absolute atomic E-state index is 11.9. The molecule has 0 aliphatic rings. The zero-order valence-corrected chi connectivity index (χ0v) is 14.9. The third-order valence-electron chi connectivity index (χ3n) is 3.43. The molecule has 0 spiro atoms. The summed E-state index contributed by atoms with van der Waals surface area (Å²) >= 11 is 11.7. The highest BCUT2D eigenvalue weighted by molar-refractivity contribution is 6.40. The number of benzene rings is 2. The molecule has 0 bridgehead atoms. The van der Waals surface area contributed by atoms with Crippen LogP contribution >= 0.6 is 23.2 Å². The number of hydrogen-bond donors (Lipinski definition) is 2. The van der Waals surface area contributed by atoms with E-state index in [0.717, 1.165) is 5.56 Å². The van der Waals surface area contributed by atoms with Crippen LogP contribution in [0.4, 0.5) is 5.69 Å².